The first-order valence-electron chi connectivity index (χ1n) is 11.2. The minimum atomic E-state index is -0.000455. The topological polar surface area (TPSA) is 62.2 Å². The summed E-state index contributed by atoms with van der Waals surface area (Å²) in [5, 5.41) is 2.78. The number of thiazole rings is 1. The fourth-order valence-electron chi connectivity index (χ4n) is 4.13. The van der Waals surface area contributed by atoms with E-state index in [0.717, 1.165) is 53.8 Å². The summed E-state index contributed by atoms with van der Waals surface area (Å²) in [6, 6.07) is 10.4. The van der Waals surface area contributed by atoms with Gasteiger partial charge in [0.05, 0.1) is 0 Å². The molecule has 0 bridgehead atoms. The molecule has 4 rings (SSSR count). The highest BCUT2D eigenvalue weighted by Gasteiger charge is 2.28. The number of hydrogen-bond acceptors (Lipinski definition) is 6. The van der Waals surface area contributed by atoms with Crippen LogP contribution in [0.2, 0.25) is 0 Å². The van der Waals surface area contributed by atoms with Crippen molar-refractivity contribution < 1.29 is 4.79 Å². The molecule has 1 aliphatic heterocycles. The van der Waals surface area contributed by atoms with Crippen molar-refractivity contribution in [3.05, 3.63) is 58.5 Å². The second-order valence-electron chi connectivity index (χ2n) is 8.87. The lowest BCUT2D eigenvalue weighted by molar-refractivity contribution is 0.0704. The summed E-state index contributed by atoms with van der Waals surface area (Å²) < 4.78 is 0. The number of aromatic nitrogens is 3. The SMILES string of the molecule is Cc1cc(N2CCC(N(C)C(=O)c3csc(-c4ccccc4C)n3)CC2)nc(C(C)C)n1. The van der Waals surface area contributed by atoms with E-state index in [0.29, 0.717) is 11.6 Å². The first-order chi connectivity index (χ1) is 15.3. The molecule has 0 saturated carbocycles. The van der Waals surface area contributed by atoms with E-state index in [1.807, 2.05) is 36.4 Å². The van der Waals surface area contributed by atoms with E-state index in [9.17, 15) is 4.79 Å². The van der Waals surface area contributed by atoms with Crippen LogP contribution in [0.25, 0.3) is 10.6 Å². The van der Waals surface area contributed by atoms with Gasteiger partial charge in [0.1, 0.15) is 22.3 Å². The fourth-order valence-corrected chi connectivity index (χ4v) is 5.02. The number of aryl methyl sites for hydroxylation is 2. The number of piperidine rings is 1. The first kappa shape index (κ1) is 22.4. The molecule has 168 valence electrons. The lowest BCUT2D eigenvalue weighted by Gasteiger charge is -2.37. The molecule has 0 unspecified atom stereocenters. The van der Waals surface area contributed by atoms with Crippen molar-refractivity contribution in [1.82, 2.24) is 19.9 Å². The minimum Gasteiger partial charge on any atom is -0.356 e. The Bertz CT molecular complexity index is 1100. The summed E-state index contributed by atoms with van der Waals surface area (Å²) in [5.41, 5.74) is 3.79. The van der Waals surface area contributed by atoms with Crippen LogP contribution in [0.4, 0.5) is 5.82 Å². The first-order valence-corrected chi connectivity index (χ1v) is 12.1. The molecule has 1 aromatic carbocycles. The second kappa shape index (κ2) is 9.36. The minimum absolute atomic E-state index is 0.000455. The van der Waals surface area contributed by atoms with Crippen LogP contribution >= 0.6 is 11.3 Å². The van der Waals surface area contributed by atoms with E-state index < -0.39 is 0 Å². The predicted molar refractivity (Wildman–Crippen MR) is 130 cm³/mol. The molecule has 7 heteroatoms. The van der Waals surface area contributed by atoms with Crippen molar-refractivity contribution in [2.45, 2.75) is 52.5 Å². The number of rotatable bonds is 5. The molecule has 1 fully saturated rings. The van der Waals surface area contributed by atoms with Gasteiger partial charge in [-0.25, -0.2) is 15.0 Å². The molecule has 0 atom stereocenters. The molecule has 3 heterocycles. The number of nitrogens with zero attached hydrogens (tertiary/aromatic N) is 5. The number of carbonyl (C=O) groups is 1. The van der Waals surface area contributed by atoms with Gasteiger partial charge in [-0.3, -0.25) is 4.79 Å². The van der Waals surface area contributed by atoms with Gasteiger partial charge in [0.25, 0.3) is 5.91 Å². The number of amides is 1. The molecule has 0 spiro atoms. The van der Waals surface area contributed by atoms with Crippen molar-refractivity contribution in [3.63, 3.8) is 0 Å². The van der Waals surface area contributed by atoms with E-state index in [2.05, 4.69) is 53.8 Å². The fraction of sp³-hybridized carbons (Fsp3) is 0.440. The monoisotopic (exact) mass is 449 g/mol. The smallest absolute Gasteiger partial charge is 0.273 e. The molecular weight excluding hydrogens is 418 g/mol. The zero-order valence-electron chi connectivity index (χ0n) is 19.5. The Morgan fingerprint density at radius 1 is 1.12 bits per heavy atom. The maximum atomic E-state index is 13.1. The third kappa shape index (κ3) is 4.67. The highest BCUT2D eigenvalue weighted by Crippen LogP contribution is 2.28. The van der Waals surface area contributed by atoms with Gasteiger partial charge in [0.2, 0.25) is 0 Å². The molecule has 1 amide bonds. The quantitative estimate of drug-likeness (QED) is 0.543. The Kier molecular flexibility index (Phi) is 6.55. The lowest BCUT2D eigenvalue weighted by Crippen LogP contribution is -2.46. The highest BCUT2D eigenvalue weighted by atomic mass is 32.1. The summed E-state index contributed by atoms with van der Waals surface area (Å²) in [6.07, 6.45) is 1.83. The summed E-state index contributed by atoms with van der Waals surface area (Å²) in [6.45, 7) is 10.1. The Balaban J connectivity index is 1.41. The van der Waals surface area contributed by atoms with Crippen LogP contribution in [0.5, 0.6) is 0 Å². The maximum Gasteiger partial charge on any atom is 0.273 e. The average Bonchev–Trinajstić information content (AvgIpc) is 3.28. The van der Waals surface area contributed by atoms with E-state index in [-0.39, 0.29) is 11.9 Å². The predicted octanol–water partition coefficient (Wildman–Crippen LogP) is 5.08. The largest absolute Gasteiger partial charge is 0.356 e. The lowest BCUT2D eigenvalue weighted by atomic mass is 10.0. The summed E-state index contributed by atoms with van der Waals surface area (Å²) in [5.74, 6) is 2.19. The molecule has 32 heavy (non-hydrogen) atoms. The van der Waals surface area contributed by atoms with Crippen LogP contribution in [-0.4, -0.2) is 51.9 Å². The Morgan fingerprint density at radius 3 is 2.53 bits per heavy atom. The highest BCUT2D eigenvalue weighted by molar-refractivity contribution is 7.13. The van der Waals surface area contributed by atoms with Crippen LogP contribution in [0.1, 0.15) is 60.2 Å². The number of carbonyl (C=O) groups excluding carboxylic acids is 1. The van der Waals surface area contributed by atoms with Crippen LogP contribution in [0, 0.1) is 13.8 Å². The molecule has 6 nitrogen and oxygen atoms in total. The standard InChI is InChI=1S/C25H31N5OS/c1-16(2)23-26-18(4)14-22(28-23)30-12-10-19(11-13-30)29(5)25(31)21-15-32-24(27-21)20-9-7-6-8-17(20)3/h6-9,14-16,19H,10-13H2,1-5H3. The van der Waals surface area contributed by atoms with Crippen molar-refractivity contribution in [3.8, 4) is 10.6 Å². The maximum absolute atomic E-state index is 13.1. The third-order valence-corrected chi connectivity index (χ3v) is 7.01. The van der Waals surface area contributed by atoms with Gasteiger partial charge in [0.15, 0.2) is 0 Å². The molecule has 1 aliphatic rings. The van der Waals surface area contributed by atoms with Gasteiger partial charge in [-0.05, 0) is 32.3 Å². The average molecular weight is 450 g/mol. The van der Waals surface area contributed by atoms with Gasteiger partial charge >= 0.3 is 0 Å². The zero-order chi connectivity index (χ0) is 22.8. The van der Waals surface area contributed by atoms with E-state index in [1.165, 1.54) is 16.9 Å². The normalized spacial score (nSPS) is 14.8. The van der Waals surface area contributed by atoms with Crippen molar-refractivity contribution in [1.29, 1.82) is 0 Å². The van der Waals surface area contributed by atoms with Gasteiger partial charge in [-0.1, -0.05) is 38.1 Å². The molecule has 2 aromatic heterocycles. The summed E-state index contributed by atoms with van der Waals surface area (Å²) in [4.78, 5) is 31.3. The van der Waals surface area contributed by atoms with Gasteiger partial charge in [-0.2, -0.15) is 0 Å². The van der Waals surface area contributed by atoms with Crippen LogP contribution < -0.4 is 4.90 Å². The Labute approximate surface area is 194 Å². The summed E-state index contributed by atoms with van der Waals surface area (Å²) in [7, 11) is 1.90. The third-order valence-electron chi connectivity index (χ3n) is 6.13. The van der Waals surface area contributed by atoms with Crippen molar-refractivity contribution in [2.24, 2.45) is 0 Å². The molecule has 3 aromatic rings. The molecule has 0 N–H and O–H groups in total. The molecule has 0 radical (unpaired) electrons. The number of anilines is 1. The Hall–Kier alpha value is -2.80. The van der Waals surface area contributed by atoms with Crippen LogP contribution in [0.3, 0.4) is 0 Å². The van der Waals surface area contributed by atoms with E-state index >= 15 is 0 Å². The van der Waals surface area contributed by atoms with Crippen LogP contribution in [-0.2, 0) is 0 Å². The number of hydrogen-bond donors (Lipinski definition) is 0. The van der Waals surface area contributed by atoms with Gasteiger partial charge < -0.3 is 9.80 Å². The van der Waals surface area contributed by atoms with Gasteiger partial charge in [-0.15, -0.1) is 11.3 Å². The molecule has 1 saturated heterocycles. The molecule has 0 aliphatic carbocycles. The Morgan fingerprint density at radius 2 is 1.84 bits per heavy atom. The van der Waals surface area contributed by atoms with E-state index in [4.69, 9.17) is 4.98 Å². The van der Waals surface area contributed by atoms with Crippen LogP contribution in [0.15, 0.2) is 35.7 Å². The number of benzene rings is 1. The molecular formula is C25H31N5OS. The second-order valence-corrected chi connectivity index (χ2v) is 9.73. The van der Waals surface area contributed by atoms with Gasteiger partial charge in [0, 0.05) is 54.8 Å². The summed E-state index contributed by atoms with van der Waals surface area (Å²) >= 11 is 1.53. The van der Waals surface area contributed by atoms with E-state index in [1.54, 1.807) is 0 Å². The van der Waals surface area contributed by atoms with Crippen molar-refractivity contribution >= 4 is 23.1 Å². The van der Waals surface area contributed by atoms with Crippen molar-refractivity contribution in [2.75, 3.05) is 25.0 Å². The zero-order valence-corrected chi connectivity index (χ0v) is 20.3.